The zero-order chi connectivity index (χ0) is 23.3. The number of fused-ring (bicyclic) bond motifs is 3. The van der Waals surface area contributed by atoms with E-state index in [0.29, 0.717) is 16.1 Å². The second kappa shape index (κ2) is 7.97. The maximum absolute atomic E-state index is 13.7. The first-order chi connectivity index (χ1) is 15.1. The van der Waals surface area contributed by atoms with Gasteiger partial charge in [0, 0.05) is 29.0 Å². The molecule has 32 heavy (non-hydrogen) atoms. The monoisotopic (exact) mass is 469 g/mol. The summed E-state index contributed by atoms with van der Waals surface area (Å²) >= 11 is 6.05. The van der Waals surface area contributed by atoms with Gasteiger partial charge in [0.05, 0.1) is 25.0 Å². The number of rotatable bonds is 2. The minimum absolute atomic E-state index is 0.0104. The van der Waals surface area contributed by atoms with E-state index in [0.717, 1.165) is 12.0 Å². The third-order valence-corrected chi connectivity index (χ3v) is 6.17. The molecule has 0 bridgehead atoms. The number of anilines is 1. The molecule has 2 aliphatic rings. The van der Waals surface area contributed by atoms with Crippen LogP contribution in [0.25, 0.3) is 0 Å². The normalized spacial score (nSPS) is 21.3. The molecule has 1 aliphatic heterocycles. The molecular formula is C22H19ClF3NO5. The molecule has 170 valence electrons. The molecule has 0 aromatic heterocycles. The van der Waals surface area contributed by atoms with Gasteiger partial charge in [0.1, 0.15) is 5.75 Å². The van der Waals surface area contributed by atoms with Crippen molar-refractivity contribution in [1.29, 1.82) is 0 Å². The average Bonchev–Trinajstić information content (AvgIpc) is 2.92. The maximum atomic E-state index is 13.7. The van der Waals surface area contributed by atoms with E-state index in [1.54, 1.807) is 12.1 Å². The van der Waals surface area contributed by atoms with E-state index in [4.69, 9.17) is 16.3 Å². The Morgan fingerprint density at radius 1 is 1.28 bits per heavy atom. The molecule has 0 saturated carbocycles. The predicted octanol–water partition coefficient (Wildman–Crippen LogP) is 4.12. The number of halogens is 4. The van der Waals surface area contributed by atoms with E-state index < -0.39 is 23.8 Å². The third-order valence-electron chi connectivity index (χ3n) is 5.94. The van der Waals surface area contributed by atoms with Crippen molar-refractivity contribution in [1.82, 2.24) is 0 Å². The molecular weight excluding hydrogens is 451 g/mol. The van der Waals surface area contributed by atoms with Crippen LogP contribution in [0, 0.1) is 0 Å². The Balaban J connectivity index is 1.87. The lowest BCUT2D eigenvalue weighted by atomic mass is 9.69. The van der Waals surface area contributed by atoms with E-state index in [-0.39, 0.29) is 48.8 Å². The van der Waals surface area contributed by atoms with Crippen LogP contribution in [0.4, 0.5) is 18.9 Å². The first-order valence-electron chi connectivity index (χ1n) is 9.75. The van der Waals surface area contributed by atoms with Crippen molar-refractivity contribution < 1.29 is 37.3 Å². The summed E-state index contributed by atoms with van der Waals surface area (Å²) in [6.07, 6.45) is -7.52. The highest BCUT2D eigenvalue weighted by Gasteiger charge is 2.50. The number of ketones is 1. The highest BCUT2D eigenvalue weighted by atomic mass is 35.5. The Labute approximate surface area is 186 Å². The Morgan fingerprint density at radius 3 is 2.72 bits per heavy atom. The van der Waals surface area contributed by atoms with E-state index >= 15 is 0 Å². The second-order valence-corrected chi connectivity index (χ2v) is 8.34. The van der Waals surface area contributed by atoms with Crippen LogP contribution in [0.2, 0.25) is 5.02 Å². The van der Waals surface area contributed by atoms with Crippen molar-refractivity contribution in [3.05, 3.63) is 58.1 Å². The molecule has 2 aromatic carbocycles. The molecule has 10 heteroatoms. The summed E-state index contributed by atoms with van der Waals surface area (Å²) in [5, 5.41) is 10.6. The van der Waals surface area contributed by atoms with Crippen LogP contribution < -0.4 is 9.64 Å². The number of nitrogens with zero attached hydrogens (tertiary/aromatic N) is 1. The zero-order valence-corrected chi connectivity index (χ0v) is 17.7. The molecule has 1 unspecified atom stereocenters. The van der Waals surface area contributed by atoms with Crippen molar-refractivity contribution in [3.8, 4) is 5.75 Å². The van der Waals surface area contributed by atoms with Gasteiger partial charge in [0.2, 0.25) is 6.23 Å². The molecule has 2 aromatic rings. The van der Waals surface area contributed by atoms with Gasteiger partial charge >= 0.3 is 12.1 Å². The molecule has 4 rings (SSSR count). The highest BCUT2D eigenvalue weighted by Crippen LogP contribution is 2.46. The summed E-state index contributed by atoms with van der Waals surface area (Å²) in [4.78, 5) is 25.2. The fourth-order valence-corrected chi connectivity index (χ4v) is 4.49. The Hall–Kier alpha value is -2.78. The van der Waals surface area contributed by atoms with Gasteiger partial charge in [-0.05, 0) is 42.3 Å². The summed E-state index contributed by atoms with van der Waals surface area (Å²) in [7, 11) is 1.16. The van der Waals surface area contributed by atoms with Gasteiger partial charge in [0.25, 0.3) is 0 Å². The maximum Gasteiger partial charge on any atom is 0.433 e. The molecule has 1 heterocycles. The lowest BCUT2D eigenvalue weighted by Gasteiger charge is -2.41. The van der Waals surface area contributed by atoms with Gasteiger partial charge in [-0.2, -0.15) is 13.2 Å². The molecule has 1 spiro atoms. The number of carbonyl (C=O) groups excluding carboxylic acids is 2. The number of aliphatic hydroxyl groups excluding tert-OH is 1. The van der Waals surface area contributed by atoms with Crippen LogP contribution in [-0.4, -0.2) is 49.5 Å². The van der Waals surface area contributed by atoms with E-state index in [2.05, 4.69) is 4.74 Å². The fraction of sp³-hybridized carbons (Fsp3) is 0.364. The standard InChI is InChI=1S/C22H19ClF3NO5/c1-31-19(29)12-2-5-18-16(8-12)27(20(30)22(24,25)26)10-21(11-32-18)7-6-17(28)14-9-13(23)3-4-15(14)21/h2-5,8-9,20,30H,6-7,10-11H2,1H3/t20?,21-/m0/s1. The number of aliphatic hydroxyl groups is 1. The van der Waals surface area contributed by atoms with Crippen molar-refractivity contribution in [2.45, 2.75) is 30.7 Å². The Bertz CT molecular complexity index is 1090. The lowest BCUT2D eigenvalue weighted by Crippen LogP contribution is -2.53. The van der Waals surface area contributed by atoms with Crippen LogP contribution >= 0.6 is 11.6 Å². The van der Waals surface area contributed by atoms with Crippen molar-refractivity contribution in [2.75, 3.05) is 25.2 Å². The molecule has 0 amide bonds. The van der Waals surface area contributed by atoms with Crippen molar-refractivity contribution in [3.63, 3.8) is 0 Å². The van der Waals surface area contributed by atoms with Crippen LogP contribution in [0.15, 0.2) is 36.4 Å². The van der Waals surface area contributed by atoms with Gasteiger partial charge in [-0.15, -0.1) is 0 Å². The van der Waals surface area contributed by atoms with Crippen LogP contribution in [-0.2, 0) is 10.2 Å². The topological polar surface area (TPSA) is 76.1 Å². The molecule has 0 saturated heterocycles. The molecule has 6 nitrogen and oxygen atoms in total. The average molecular weight is 470 g/mol. The first-order valence-corrected chi connectivity index (χ1v) is 10.1. The van der Waals surface area contributed by atoms with Crippen LogP contribution in [0.5, 0.6) is 5.75 Å². The van der Waals surface area contributed by atoms with Gasteiger partial charge in [-0.25, -0.2) is 4.79 Å². The number of hydrogen-bond donors (Lipinski definition) is 1. The van der Waals surface area contributed by atoms with Crippen LogP contribution in [0.3, 0.4) is 0 Å². The molecule has 2 atom stereocenters. The number of carbonyl (C=O) groups is 2. The number of methoxy groups -OCH3 is 1. The number of esters is 1. The van der Waals surface area contributed by atoms with E-state index in [9.17, 15) is 27.9 Å². The zero-order valence-electron chi connectivity index (χ0n) is 16.9. The van der Waals surface area contributed by atoms with Gasteiger partial charge in [-0.3, -0.25) is 4.79 Å². The second-order valence-electron chi connectivity index (χ2n) is 7.90. The predicted molar refractivity (Wildman–Crippen MR) is 109 cm³/mol. The first kappa shape index (κ1) is 22.4. The summed E-state index contributed by atoms with van der Waals surface area (Å²) < 4.78 is 51.5. The quantitative estimate of drug-likeness (QED) is 0.667. The lowest BCUT2D eigenvalue weighted by molar-refractivity contribution is -0.203. The van der Waals surface area contributed by atoms with Gasteiger partial charge < -0.3 is 19.5 Å². The minimum atomic E-state index is -4.97. The van der Waals surface area contributed by atoms with E-state index in [1.165, 1.54) is 24.3 Å². The molecule has 0 fully saturated rings. The number of hydrogen-bond acceptors (Lipinski definition) is 6. The summed E-state index contributed by atoms with van der Waals surface area (Å²) in [6.45, 7) is -0.326. The van der Waals surface area contributed by atoms with Crippen LogP contribution in [0.1, 0.15) is 39.1 Å². The number of ether oxygens (including phenoxy) is 2. The third kappa shape index (κ3) is 3.80. The van der Waals surface area contributed by atoms with Crippen molar-refractivity contribution in [2.24, 2.45) is 0 Å². The smallest absolute Gasteiger partial charge is 0.433 e. The SMILES string of the molecule is COC(=O)c1ccc2c(c1)N(C(O)C(F)(F)F)C[C@@]1(CCC(=O)c3cc(Cl)ccc31)CO2. The Kier molecular flexibility index (Phi) is 5.58. The largest absolute Gasteiger partial charge is 0.490 e. The van der Waals surface area contributed by atoms with Gasteiger partial charge in [-0.1, -0.05) is 17.7 Å². The summed E-state index contributed by atoms with van der Waals surface area (Å²) in [5.74, 6) is -0.826. The number of Topliss-reactive ketones (excluding diaryl/α,β-unsaturated/α-hetero) is 1. The molecule has 1 N–H and O–H groups in total. The minimum Gasteiger partial charge on any atom is -0.490 e. The number of benzene rings is 2. The fourth-order valence-electron chi connectivity index (χ4n) is 4.32. The summed E-state index contributed by atoms with van der Waals surface area (Å²) in [5.41, 5.74) is -0.267. The van der Waals surface area contributed by atoms with Gasteiger partial charge in [0.15, 0.2) is 5.78 Å². The molecule has 0 radical (unpaired) electrons. The summed E-state index contributed by atoms with van der Waals surface area (Å²) in [6, 6.07) is 8.63. The molecule has 1 aliphatic carbocycles. The highest BCUT2D eigenvalue weighted by molar-refractivity contribution is 6.31. The Morgan fingerprint density at radius 2 is 2.03 bits per heavy atom. The van der Waals surface area contributed by atoms with Crippen molar-refractivity contribution >= 4 is 29.0 Å². The number of alkyl halides is 3. The van der Waals surface area contributed by atoms with E-state index in [1.807, 2.05) is 0 Å².